The summed E-state index contributed by atoms with van der Waals surface area (Å²) in [5.74, 6) is -0.719. The number of furan rings is 1. The van der Waals surface area contributed by atoms with Crippen LogP contribution in [0.2, 0.25) is 0 Å². The summed E-state index contributed by atoms with van der Waals surface area (Å²) in [7, 11) is 0. The quantitative estimate of drug-likeness (QED) is 0.678. The van der Waals surface area contributed by atoms with Gasteiger partial charge in [-0.3, -0.25) is 4.79 Å². The lowest BCUT2D eigenvalue weighted by molar-refractivity contribution is 0.0691. The normalized spacial score (nSPS) is 14.8. The van der Waals surface area contributed by atoms with E-state index in [1.54, 1.807) is 0 Å². The Bertz CT molecular complexity index is 361. The van der Waals surface area contributed by atoms with E-state index >= 15 is 0 Å². The van der Waals surface area contributed by atoms with Crippen molar-refractivity contribution in [3.63, 3.8) is 0 Å². The van der Waals surface area contributed by atoms with Crippen molar-refractivity contribution in [2.24, 2.45) is 0 Å². The zero-order chi connectivity index (χ0) is 8.72. The first kappa shape index (κ1) is 7.09. The van der Waals surface area contributed by atoms with E-state index in [1.807, 2.05) is 0 Å². The number of hydrogen-bond donors (Lipinski definition) is 1. The van der Waals surface area contributed by atoms with Crippen molar-refractivity contribution in [3.8, 4) is 0 Å². The minimum atomic E-state index is -1.10. The van der Waals surface area contributed by atoms with Crippen LogP contribution in [0.25, 0.3) is 0 Å². The number of Topliss-reactive ketones (excluding diaryl/α,β-unsaturated/α-hetero) is 1. The molecule has 4 heteroatoms. The summed E-state index contributed by atoms with van der Waals surface area (Å²) in [6.07, 6.45) is 2.03. The van der Waals surface area contributed by atoms with Crippen molar-refractivity contribution in [1.29, 1.82) is 0 Å². The number of fused-ring (bicyclic) bond motifs is 1. The molecule has 0 fully saturated rings. The van der Waals surface area contributed by atoms with Gasteiger partial charge in [0.15, 0.2) is 5.78 Å². The van der Waals surface area contributed by atoms with Gasteiger partial charge < -0.3 is 9.52 Å². The summed E-state index contributed by atoms with van der Waals surface area (Å²) in [6, 6.07) is 0. The Morgan fingerprint density at radius 2 is 2.25 bits per heavy atom. The lowest BCUT2D eigenvalue weighted by atomic mass is 10.1. The van der Waals surface area contributed by atoms with Crippen molar-refractivity contribution in [3.05, 3.63) is 23.2 Å². The first-order chi connectivity index (χ1) is 5.70. The van der Waals surface area contributed by atoms with Crippen LogP contribution in [-0.4, -0.2) is 16.9 Å². The topological polar surface area (TPSA) is 67.5 Å². The van der Waals surface area contributed by atoms with E-state index in [0.29, 0.717) is 18.6 Å². The molecule has 1 aromatic heterocycles. The second kappa shape index (κ2) is 2.20. The molecule has 1 N–H and O–H groups in total. The van der Waals surface area contributed by atoms with Gasteiger partial charge in [-0.25, -0.2) is 4.79 Å². The number of aryl methyl sites for hydroxylation is 1. The average molecular weight is 166 g/mol. The number of ketones is 1. The Morgan fingerprint density at radius 1 is 1.50 bits per heavy atom. The van der Waals surface area contributed by atoms with Crippen LogP contribution in [0.4, 0.5) is 0 Å². The molecule has 0 unspecified atom stereocenters. The van der Waals surface area contributed by atoms with E-state index in [2.05, 4.69) is 0 Å². The number of carboxylic acid groups (broad SMARTS) is 1. The number of carboxylic acids is 1. The Labute approximate surface area is 67.8 Å². The van der Waals surface area contributed by atoms with Gasteiger partial charge in [-0.2, -0.15) is 0 Å². The van der Waals surface area contributed by atoms with Crippen molar-refractivity contribution >= 4 is 11.8 Å². The molecule has 1 aliphatic rings. The first-order valence-corrected chi connectivity index (χ1v) is 3.57. The highest BCUT2D eigenvalue weighted by molar-refractivity contribution is 6.08. The summed E-state index contributed by atoms with van der Waals surface area (Å²) >= 11 is 0. The Hall–Kier alpha value is -1.58. The summed E-state index contributed by atoms with van der Waals surface area (Å²) in [5, 5.41) is 8.64. The lowest BCUT2D eigenvalue weighted by Gasteiger charge is -1.88. The molecule has 12 heavy (non-hydrogen) atoms. The van der Waals surface area contributed by atoms with Crippen molar-refractivity contribution < 1.29 is 19.1 Å². The van der Waals surface area contributed by atoms with Crippen LogP contribution < -0.4 is 0 Å². The third-order valence-corrected chi connectivity index (χ3v) is 1.96. The van der Waals surface area contributed by atoms with Gasteiger partial charge in [-0.1, -0.05) is 0 Å². The average Bonchev–Trinajstić information content (AvgIpc) is 2.53. The molecule has 1 aliphatic carbocycles. The predicted molar refractivity (Wildman–Crippen MR) is 38.3 cm³/mol. The van der Waals surface area contributed by atoms with Gasteiger partial charge in [-0.05, 0) is 0 Å². The Kier molecular flexibility index (Phi) is 1.30. The van der Waals surface area contributed by atoms with Gasteiger partial charge in [0.05, 0.1) is 5.56 Å². The van der Waals surface area contributed by atoms with Crippen LogP contribution in [-0.2, 0) is 6.42 Å². The smallest absolute Gasteiger partial charge is 0.339 e. The SMILES string of the molecule is O=C(O)c1coc2c1C(=O)CC2. The number of carbonyl (C=O) groups excluding carboxylic acids is 1. The summed E-state index contributed by atoms with van der Waals surface area (Å²) in [4.78, 5) is 21.7. The number of carbonyl (C=O) groups is 2. The molecule has 0 atom stereocenters. The maximum Gasteiger partial charge on any atom is 0.339 e. The molecule has 1 heterocycles. The minimum Gasteiger partial charge on any atom is -0.478 e. The lowest BCUT2D eigenvalue weighted by Crippen LogP contribution is -2.01. The third-order valence-electron chi connectivity index (χ3n) is 1.96. The molecule has 0 amide bonds. The summed E-state index contributed by atoms with van der Waals surface area (Å²) in [6.45, 7) is 0. The molecule has 0 bridgehead atoms. The molecule has 4 nitrogen and oxygen atoms in total. The van der Waals surface area contributed by atoms with Gasteiger partial charge in [0.25, 0.3) is 0 Å². The molecule has 2 rings (SSSR count). The molecule has 0 aromatic carbocycles. The Balaban J connectivity index is 2.60. The van der Waals surface area contributed by atoms with Gasteiger partial charge in [-0.15, -0.1) is 0 Å². The van der Waals surface area contributed by atoms with Crippen LogP contribution >= 0.6 is 0 Å². The molecular formula is C8H6O4. The molecule has 0 radical (unpaired) electrons. The van der Waals surface area contributed by atoms with Crippen LogP contribution in [0.15, 0.2) is 10.7 Å². The molecule has 0 saturated carbocycles. The van der Waals surface area contributed by atoms with Gasteiger partial charge in [0.1, 0.15) is 17.6 Å². The van der Waals surface area contributed by atoms with E-state index in [1.165, 1.54) is 0 Å². The van der Waals surface area contributed by atoms with Crippen LogP contribution in [0, 0.1) is 0 Å². The number of rotatable bonds is 1. The fraction of sp³-hybridized carbons (Fsp3) is 0.250. The third kappa shape index (κ3) is 0.777. The molecule has 62 valence electrons. The number of aromatic carboxylic acids is 1. The summed E-state index contributed by atoms with van der Waals surface area (Å²) in [5.41, 5.74) is 0.259. The van der Waals surface area contributed by atoms with Crippen LogP contribution in [0.3, 0.4) is 0 Å². The van der Waals surface area contributed by atoms with Gasteiger partial charge in [0.2, 0.25) is 0 Å². The van der Waals surface area contributed by atoms with Crippen molar-refractivity contribution in [1.82, 2.24) is 0 Å². The maximum atomic E-state index is 11.1. The Morgan fingerprint density at radius 3 is 2.92 bits per heavy atom. The maximum absolute atomic E-state index is 11.1. The van der Waals surface area contributed by atoms with Gasteiger partial charge in [0, 0.05) is 12.8 Å². The van der Waals surface area contributed by atoms with Crippen molar-refractivity contribution in [2.75, 3.05) is 0 Å². The van der Waals surface area contributed by atoms with Crippen molar-refractivity contribution in [2.45, 2.75) is 12.8 Å². The fourth-order valence-corrected chi connectivity index (χ4v) is 1.40. The molecule has 0 spiro atoms. The van der Waals surface area contributed by atoms with E-state index in [-0.39, 0.29) is 16.9 Å². The standard InChI is InChI=1S/C8H6O4/c9-5-1-2-6-7(5)4(3-12-6)8(10)11/h3H,1-2H2,(H,10,11). The molecule has 0 saturated heterocycles. The second-order valence-corrected chi connectivity index (χ2v) is 2.68. The second-order valence-electron chi connectivity index (χ2n) is 2.68. The fourth-order valence-electron chi connectivity index (χ4n) is 1.40. The molecule has 1 aromatic rings. The first-order valence-electron chi connectivity index (χ1n) is 3.57. The van der Waals surface area contributed by atoms with E-state index in [0.717, 1.165) is 6.26 Å². The highest BCUT2D eigenvalue weighted by Crippen LogP contribution is 2.26. The highest BCUT2D eigenvalue weighted by Gasteiger charge is 2.29. The zero-order valence-corrected chi connectivity index (χ0v) is 6.16. The van der Waals surface area contributed by atoms with Gasteiger partial charge >= 0.3 is 5.97 Å². The van der Waals surface area contributed by atoms with Crippen LogP contribution in [0.5, 0.6) is 0 Å². The molecular weight excluding hydrogens is 160 g/mol. The number of hydrogen-bond acceptors (Lipinski definition) is 3. The van der Waals surface area contributed by atoms with E-state index in [9.17, 15) is 9.59 Å². The van der Waals surface area contributed by atoms with E-state index < -0.39 is 5.97 Å². The molecule has 0 aliphatic heterocycles. The van der Waals surface area contributed by atoms with E-state index in [4.69, 9.17) is 9.52 Å². The predicted octanol–water partition coefficient (Wildman–Crippen LogP) is 1.11. The highest BCUT2D eigenvalue weighted by atomic mass is 16.4. The largest absolute Gasteiger partial charge is 0.478 e. The summed E-state index contributed by atoms with van der Waals surface area (Å²) < 4.78 is 4.94. The minimum absolute atomic E-state index is 0.00694. The zero-order valence-electron chi connectivity index (χ0n) is 6.16. The monoisotopic (exact) mass is 166 g/mol. The van der Waals surface area contributed by atoms with Crippen LogP contribution in [0.1, 0.15) is 32.9 Å².